The zero-order chi connectivity index (χ0) is 13.5. The predicted molar refractivity (Wildman–Crippen MR) is 75.4 cm³/mol. The molecule has 6 heteroatoms. The van der Waals surface area contributed by atoms with Crippen molar-refractivity contribution in [3.05, 3.63) is 47.8 Å². The third-order valence-corrected chi connectivity index (χ3v) is 3.44. The van der Waals surface area contributed by atoms with Gasteiger partial charge in [0.2, 0.25) is 0 Å². The lowest BCUT2D eigenvalue weighted by atomic mass is 10.3. The third kappa shape index (κ3) is 3.45. The van der Waals surface area contributed by atoms with E-state index in [1.807, 2.05) is 0 Å². The normalized spacial score (nSPS) is 12.7. The van der Waals surface area contributed by atoms with E-state index in [0.29, 0.717) is 21.4 Å². The number of nitrogens with zero attached hydrogens (tertiary/aromatic N) is 1. The summed E-state index contributed by atoms with van der Waals surface area (Å²) in [5, 5.41) is 0.399. The van der Waals surface area contributed by atoms with Gasteiger partial charge in [-0.3, -0.25) is 9.71 Å². The van der Waals surface area contributed by atoms with Crippen LogP contribution in [0.3, 0.4) is 0 Å². The van der Waals surface area contributed by atoms with Crippen molar-refractivity contribution in [1.29, 1.82) is 0 Å². The SMILES string of the molecule is C=C/C(=C\N=C)NS(=O)c1cccc(Cl)c1OC. The van der Waals surface area contributed by atoms with Gasteiger partial charge in [-0.25, -0.2) is 4.21 Å². The lowest BCUT2D eigenvalue weighted by Crippen LogP contribution is -2.16. The molecule has 4 nitrogen and oxygen atoms in total. The van der Waals surface area contributed by atoms with Crippen molar-refractivity contribution >= 4 is 29.3 Å². The maximum absolute atomic E-state index is 12.1. The lowest BCUT2D eigenvalue weighted by molar-refractivity contribution is 0.404. The fraction of sp³-hybridized carbons (Fsp3) is 0.0833. The largest absolute Gasteiger partial charge is 0.494 e. The Morgan fingerprint density at radius 3 is 2.89 bits per heavy atom. The summed E-state index contributed by atoms with van der Waals surface area (Å²) in [6, 6.07) is 5.02. The Balaban J connectivity index is 3.04. The summed E-state index contributed by atoms with van der Waals surface area (Å²) in [4.78, 5) is 4.02. The molecule has 1 atom stereocenters. The van der Waals surface area contributed by atoms with Crippen LogP contribution in [0.2, 0.25) is 5.02 Å². The van der Waals surface area contributed by atoms with E-state index in [-0.39, 0.29) is 0 Å². The number of hydrogen-bond donors (Lipinski definition) is 1. The highest BCUT2D eigenvalue weighted by atomic mass is 35.5. The third-order valence-electron chi connectivity index (χ3n) is 2.00. The Morgan fingerprint density at radius 2 is 2.33 bits per heavy atom. The molecule has 1 N–H and O–H groups in total. The molecule has 0 bridgehead atoms. The van der Waals surface area contributed by atoms with Crippen molar-refractivity contribution in [2.75, 3.05) is 7.11 Å². The van der Waals surface area contributed by atoms with Crippen LogP contribution in [0.5, 0.6) is 5.75 Å². The topological polar surface area (TPSA) is 50.7 Å². The summed E-state index contributed by atoms with van der Waals surface area (Å²) in [5.41, 5.74) is 0.491. The highest BCUT2D eigenvalue weighted by Gasteiger charge is 2.13. The van der Waals surface area contributed by atoms with Gasteiger partial charge >= 0.3 is 0 Å². The molecule has 0 heterocycles. The first-order valence-corrected chi connectivity index (χ1v) is 6.46. The van der Waals surface area contributed by atoms with Gasteiger partial charge in [-0.1, -0.05) is 24.2 Å². The van der Waals surface area contributed by atoms with Gasteiger partial charge < -0.3 is 4.74 Å². The average Bonchev–Trinajstić information content (AvgIpc) is 2.37. The molecule has 18 heavy (non-hydrogen) atoms. The fourth-order valence-corrected chi connectivity index (χ4v) is 2.55. The van der Waals surface area contributed by atoms with Gasteiger partial charge in [-0.15, -0.1) is 0 Å². The van der Waals surface area contributed by atoms with E-state index in [4.69, 9.17) is 16.3 Å². The van der Waals surface area contributed by atoms with Crippen LogP contribution in [0.25, 0.3) is 0 Å². The molecule has 0 aliphatic carbocycles. The van der Waals surface area contributed by atoms with Gasteiger partial charge in [0, 0.05) is 0 Å². The van der Waals surface area contributed by atoms with Crippen molar-refractivity contribution in [3.8, 4) is 5.75 Å². The molecule has 0 aliphatic rings. The van der Waals surface area contributed by atoms with Crippen molar-refractivity contribution in [1.82, 2.24) is 4.72 Å². The molecule has 0 radical (unpaired) electrons. The Labute approximate surface area is 114 Å². The number of ether oxygens (including phenoxy) is 1. The highest BCUT2D eigenvalue weighted by Crippen LogP contribution is 2.30. The van der Waals surface area contributed by atoms with E-state index in [9.17, 15) is 4.21 Å². The maximum atomic E-state index is 12.1. The Kier molecular flexibility index (Phi) is 5.61. The number of para-hydroxylation sites is 1. The van der Waals surface area contributed by atoms with Crippen LogP contribution in [0.4, 0.5) is 0 Å². The molecule has 96 valence electrons. The van der Waals surface area contributed by atoms with Crippen molar-refractivity contribution in [2.45, 2.75) is 4.90 Å². The Morgan fingerprint density at radius 1 is 1.61 bits per heavy atom. The van der Waals surface area contributed by atoms with Crippen LogP contribution in [0, 0.1) is 0 Å². The molecule has 1 aromatic carbocycles. The monoisotopic (exact) mass is 284 g/mol. The lowest BCUT2D eigenvalue weighted by Gasteiger charge is -2.11. The first-order valence-electron chi connectivity index (χ1n) is 4.93. The van der Waals surface area contributed by atoms with Crippen LogP contribution >= 0.6 is 11.6 Å². The van der Waals surface area contributed by atoms with Gasteiger partial charge in [0.1, 0.15) is 4.90 Å². The van der Waals surface area contributed by atoms with Gasteiger partial charge in [-0.2, -0.15) is 0 Å². The molecular formula is C12H13ClN2O2S. The number of benzene rings is 1. The molecule has 0 amide bonds. The Hall–Kier alpha value is -1.59. The average molecular weight is 285 g/mol. The van der Waals surface area contributed by atoms with E-state index in [0.717, 1.165) is 0 Å². The van der Waals surface area contributed by atoms with Crippen molar-refractivity contribution in [2.24, 2.45) is 4.99 Å². The molecule has 0 aromatic heterocycles. The van der Waals surface area contributed by atoms with Crippen molar-refractivity contribution < 1.29 is 8.95 Å². The number of hydrogen-bond acceptors (Lipinski definition) is 3. The number of aliphatic imine (C=N–C) groups is 1. The van der Waals surface area contributed by atoms with Crippen LogP contribution in [0.15, 0.2) is 52.6 Å². The summed E-state index contributed by atoms with van der Waals surface area (Å²) in [6.07, 6.45) is 2.91. The number of halogens is 1. The molecular weight excluding hydrogens is 272 g/mol. The molecule has 0 saturated heterocycles. The second-order valence-corrected chi connectivity index (χ2v) is 4.70. The molecule has 1 rings (SSSR count). The summed E-state index contributed by atoms with van der Waals surface area (Å²) in [5.74, 6) is 0.375. The molecule has 0 fully saturated rings. The maximum Gasteiger partial charge on any atom is 0.155 e. The number of rotatable bonds is 6. The van der Waals surface area contributed by atoms with Gasteiger partial charge in [0.15, 0.2) is 16.7 Å². The fourth-order valence-electron chi connectivity index (χ4n) is 1.21. The van der Waals surface area contributed by atoms with Crippen molar-refractivity contribution in [3.63, 3.8) is 0 Å². The van der Waals surface area contributed by atoms with Crippen LogP contribution < -0.4 is 9.46 Å². The molecule has 0 aliphatic heterocycles. The first-order chi connectivity index (χ1) is 8.63. The zero-order valence-corrected chi connectivity index (χ0v) is 11.4. The van der Waals surface area contributed by atoms with Crippen LogP contribution in [-0.4, -0.2) is 18.0 Å². The standard InChI is InChI=1S/C12H13ClN2O2S/c1-4-9(8-14-2)15-18(16)11-7-5-6-10(13)12(11)17-3/h4-8,15H,1-2H2,3H3/b9-8+. The smallest absolute Gasteiger partial charge is 0.155 e. The molecule has 0 saturated carbocycles. The predicted octanol–water partition coefficient (Wildman–Crippen LogP) is 2.69. The minimum atomic E-state index is -1.52. The van der Waals surface area contributed by atoms with E-state index in [1.54, 1.807) is 18.2 Å². The van der Waals surface area contributed by atoms with E-state index in [1.165, 1.54) is 19.4 Å². The number of nitrogens with one attached hydrogen (secondary N) is 1. The second-order valence-electron chi connectivity index (χ2n) is 3.11. The minimum absolute atomic E-state index is 0.375. The minimum Gasteiger partial charge on any atom is -0.494 e. The summed E-state index contributed by atoms with van der Waals surface area (Å²) in [7, 11) is -0.0536. The first kappa shape index (κ1) is 14.5. The van der Waals surface area contributed by atoms with Gasteiger partial charge in [0.25, 0.3) is 0 Å². The second kappa shape index (κ2) is 6.98. The highest BCUT2D eigenvalue weighted by molar-refractivity contribution is 7.83. The van der Waals surface area contributed by atoms with Crippen LogP contribution in [0.1, 0.15) is 0 Å². The van der Waals surface area contributed by atoms with E-state index >= 15 is 0 Å². The zero-order valence-electron chi connectivity index (χ0n) is 9.85. The van der Waals surface area contributed by atoms with Crippen LogP contribution in [-0.2, 0) is 11.0 Å². The number of methoxy groups -OCH3 is 1. The summed E-state index contributed by atoms with van der Waals surface area (Å²) < 4.78 is 20.0. The van der Waals surface area contributed by atoms with E-state index < -0.39 is 11.0 Å². The van der Waals surface area contributed by atoms with E-state index in [2.05, 4.69) is 23.0 Å². The molecule has 0 spiro atoms. The molecule has 1 aromatic rings. The molecule has 1 unspecified atom stereocenters. The Bertz CT molecular complexity index is 515. The van der Waals surface area contributed by atoms with Gasteiger partial charge in [0.05, 0.1) is 24.0 Å². The quantitative estimate of drug-likeness (QED) is 0.645. The summed E-state index contributed by atoms with van der Waals surface area (Å²) in [6.45, 7) is 6.89. The van der Waals surface area contributed by atoms with Gasteiger partial charge in [-0.05, 0) is 24.9 Å². The number of allylic oxidation sites excluding steroid dienone is 1. The summed E-state index contributed by atoms with van der Waals surface area (Å²) >= 11 is 5.95.